The fraction of sp³-hybridized carbons (Fsp3) is 0.100. The number of hydrogen-bond acceptors (Lipinski definition) is 3. The van der Waals surface area contributed by atoms with Crippen molar-refractivity contribution in [1.29, 1.82) is 0 Å². The quantitative estimate of drug-likeness (QED) is 0.770. The lowest BCUT2D eigenvalue weighted by Gasteiger charge is -2.00. The number of thiophene rings is 1. The fourth-order valence-electron chi connectivity index (χ4n) is 1.18. The van der Waals surface area contributed by atoms with Gasteiger partial charge < -0.3 is 5.73 Å². The number of pyridine rings is 1. The van der Waals surface area contributed by atoms with Crippen LogP contribution in [0.15, 0.2) is 29.6 Å². The maximum Gasteiger partial charge on any atom is 0.217 e. The van der Waals surface area contributed by atoms with Gasteiger partial charge in [0.1, 0.15) is 0 Å². The van der Waals surface area contributed by atoms with Gasteiger partial charge in [0.15, 0.2) is 0 Å². The van der Waals surface area contributed by atoms with Crippen LogP contribution in [0.1, 0.15) is 5.56 Å². The molecule has 14 heavy (non-hydrogen) atoms. The van der Waals surface area contributed by atoms with Gasteiger partial charge in [-0.1, -0.05) is 12.1 Å². The molecule has 0 aliphatic heterocycles. The summed E-state index contributed by atoms with van der Waals surface area (Å²) in [4.78, 5) is 4.82. The van der Waals surface area contributed by atoms with Gasteiger partial charge in [0, 0.05) is 12.1 Å². The van der Waals surface area contributed by atoms with Crippen LogP contribution in [0.25, 0.3) is 10.6 Å². The topological polar surface area (TPSA) is 38.9 Å². The first-order valence-corrected chi connectivity index (χ1v) is 5.08. The van der Waals surface area contributed by atoms with Gasteiger partial charge in [0.2, 0.25) is 5.95 Å². The Morgan fingerprint density at radius 3 is 2.79 bits per heavy atom. The van der Waals surface area contributed by atoms with Crippen LogP contribution < -0.4 is 5.73 Å². The zero-order chi connectivity index (χ0) is 9.97. The van der Waals surface area contributed by atoms with Crippen molar-refractivity contribution in [3.8, 4) is 10.6 Å². The van der Waals surface area contributed by atoms with Crippen molar-refractivity contribution in [2.24, 2.45) is 5.73 Å². The molecule has 72 valence electrons. The number of rotatable bonds is 2. The van der Waals surface area contributed by atoms with Crippen LogP contribution in [0, 0.1) is 5.95 Å². The Morgan fingerprint density at radius 2 is 2.21 bits per heavy atom. The first kappa shape index (κ1) is 9.30. The number of halogens is 1. The van der Waals surface area contributed by atoms with Crippen LogP contribution in [0.5, 0.6) is 0 Å². The predicted octanol–water partition coefficient (Wildman–Crippen LogP) is 2.41. The highest BCUT2D eigenvalue weighted by Gasteiger charge is 2.05. The summed E-state index contributed by atoms with van der Waals surface area (Å²) in [7, 11) is 0. The molecule has 0 amide bonds. The molecule has 0 radical (unpaired) electrons. The van der Waals surface area contributed by atoms with Gasteiger partial charge in [-0.3, -0.25) is 0 Å². The van der Waals surface area contributed by atoms with Gasteiger partial charge in [0.25, 0.3) is 0 Å². The normalized spacial score (nSPS) is 10.4. The minimum absolute atomic E-state index is 0.184. The summed E-state index contributed by atoms with van der Waals surface area (Å²) >= 11 is 1.54. The number of nitrogens with zero attached hydrogens (tertiary/aromatic N) is 1. The molecule has 0 unspecified atom stereocenters. The number of hydrogen-bond donors (Lipinski definition) is 1. The molecule has 0 atom stereocenters. The van der Waals surface area contributed by atoms with Crippen molar-refractivity contribution < 1.29 is 4.39 Å². The van der Waals surface area contributed by atoms with E-state index in [0.717, 1.165) is 4.88 Å². The lowest BCUT2D eigenvalue weighted by Crippen LogP contribution is -2.01. The summed E-state index contributed by atoms with van der Waals surface area (Å²) in [6.07, 6.45) is 0. The molecule has 2 aromatic rings. The average molecular weight is 208 g/mol. The molecule has 0 saturated heterocycles. The van der Waals surface area contributed by atoms with Gasteiger partial charge >= 0.3 is 0 Å². The summed E-state index contributed by atoms with van der Waals surface area (Å²) in [6.45, 7) is 0.184. The highest BCUT2D eigenvalue weighted by atomic mass is 32.1. The van der Waals surface area contributed by atoms with Crippen molar-refractivity contribution in [3.63, 3.8) is 0 Å². The van der Waals surface area contributed by atoms with E-state index in [-0.39, 0.29) is 6.54 Å². The zero-order valence-corrected chi connectivity index (χ0v) is 8.22. The Balaban J connectivity index is 2.43. The van der Waals surface area contributed by atoms with Crippen LogP contribution in [-0.4, -0.2) is 4.98 Å². The Kier molecular flexibility index (Phi) is 2.56. The molecule has 0 bridgehead atoms. The molecule has 0 spiro atoms. The van der Waals surface area contributed by atoms with Crippen molar-refractivity contribution in [1.82, 2.24) is 4.98 Å². The molecule has 0 aliphatic carbocycles. The third-order valence-electron chi connectivity index (χ3n) is 1.92. The molecule has 0 fully saturated rings. The van der Waals surface area contributed by atoms with E-state index in [1.54, 1.807) is 12.1 Å². The van der Waals surface area contributed by atoms with Crippen molar-refractivity contribution in [2.75, 3.05) is 0 Å². The van der Waals surface area contributed by atoms with Gasteiger partial charge in [0.05, 0.1) is 10.6 Å². The largest absolute Gasteiger partial charge is 0.326 e. The Labute approximate surface area is 85.2 Å². The van der Waals surface area contributed by atoms with E-state index in [1.165, 1.54) is 11.3 Å². The summed E-state index contributed by atoms with van der Waals surface area (Å²) < 4.78 is 13.3. The van der Waals surface area contributed by atoms with E-state index in [1.807, 2.05) is 17.5 Å². The summed E-state index contributed by atoms with van der Waals surface area (Å²) in [5.41, 5.74) is 6.45. The third-order valence-corrected chi connectivity index (χ3v) is 2.81. The van der Waals surface area contributed by atoms with Crippen molar-refractivity contribution >= 4 is 11.3 Å². The lowest BCUT2D eigenvalue weighted by atomic mass is 10.2. The molecule has 4 heteroatoms. The van der Waals surface area contributed by atoms with Crippen LogP contribution in [0.2, 0.25) is 0 Å². The second kappa shape index (κ2) is 3.86. The monoisotopic (exact) mass is 208 g/mol. The highest BCUT2D eigenvalue weighted by molar-refractivity contribution is 7.13. The molecule has 2 rings (SSSR count). The Hall–Kier alpha value is -1.26. The summed E-state index contributed by atoms with van der Waals surface area (Å²) in [5.74, 6) is -0.474. The second-order valence-corrected chi connectivity index (χ2v) is 3.78. The van der Waals surface area contributed by atoms with Gasteiger partial charge in [-0.05, 0) is 17.5 Å². The molecular weight excluding hydrogens is 199 g/mol. The van der Waals surface area contributed by atoms with Crippen LogP contribution in [-0.2, 0) is 6.54 Å². The fourth-order valence-corrected chi connectivity index (χ4v) is 1.87. The van der Waals surface area contributed by atoms with Crippen LogP contribution >= 0.6 is 11.3 Å². The molecule has 0 saturated carbocycles. The molecule has 2 N–H and O–H groups in total. The average Bonchev–Trinajstić information content (AvgIpc) is 2.70. The van der Waals surface area contributed by atoms with Gasteiger partial charge in [-0.25, -0.2) is 4.98 Å². The maximum absolute atomic E-state index is 13.3. The number of nitrogens with two attached hydrogens (primary N) is 1. The minimum Gasteiger partial charge on any atom is -0.326 e. The molecule has 2 aromatic heterocycles. The predicted molar refractivity (Wildman–Crippen MR) is 55.4 cm³/mol. The van der Waals surface area contributed by atoms with E-state index < -0.39 is 5.95 Å². The highest BCUT2D eigenvalue weighted by Crippen LogP contribution is 2.23. The SMILES string of the molecule is NCc1ccc(-c2cccs2)nc1F. The van der Waals surface area contributed by atoms with E-state index in [0.29, 0.717) is 11.3 Å². The van der Waals surface area contributed by atoms with E-state index in [2.05, 4.69) is 4.98 Å². The molecule has 2 nitrogen and oxygen atoms in total. The Morgan fingerprint density at radius 1 is 1.36 bits per heavy atom. The molecular formula is C10H9FN2S. The first-order valence-electron chi connectivity index (χ1n) is 4.20. The first-order chi connectivity index (χ1) is 6.81. The standard InChI is InChI=1S/C10H9FN2S/c11-10-7(6-12)3-4-8(13-10)9-2-1-5-14-9/h1-5H,6,12H2. The zero-order valence-electron chi connectivity index (χ0n) is 7.40. The van der Waals surface area contributed by atoms with Crippen LogP contribution in [0.3, 0.4) is 0 Å². The Bertz CT molecular complexity index is 426. The van der Waals surface area contributed by atoms with E-state index in [9.17, 15) is 4.39 Å². The number of aromatic nitrogens is 1. The summed E-state index contributed by atoms with van der Waals surface area (Å²) in [5, 5.41) is 1.94. The smallest absolute Gasteiger partial charge is 0.217 e. The van der Waals surface area contributed by atoms with E-state index >= 15 is 0 Å². The van der Waals surface area contributed by atoms with Gasteiger partial charge in [-0.15, -0.1) is 11.3 Å². The van der Waals surface area contributed by atoms with Crippen LogP contribution in [0.4, 0.5) is 4.39 Å². The minimum atomic E-state index is -0.474. The van der Waals surface area contributed by atoms with Crippen molar-refractivity contribution in [2.45, 2.75) is 6.54 Å². The van der Waals surface area contributed by atoms with E-state index in [4.69, 9.17) is 5.73 Å². The molecule has 0 aliphatic rings. The van der Waals surface area contributed by atoms with Crippen molar-refractivity contribution in [3.05, 3.63) is 41.2 Å². The lowest BCUT2D eigenvalue weighted by molar-refractivity contribution is 0.569. The molecule has 0 aromatic carbocycles. The van der Waals surface area contributed by atoms with Gasteiger partial charge in [-0.2, -0.15) is 4.39 Å². The molecule has 2 heterocycles. The summed E-state index contributed by atoms with van der Waals surface area (Å²) in [6, 6.07) is 7.29. The second-order valence-electron chi connectivity index (χ2n) is 2.83. The third kappa shape index (κ3) is 1.66. The maximum atomic E-state index is 13.3.